The van der Waals surface area contributed by atoms with Gasteiger partial charge in [0.1, 0.15) is 5.75 Å². The summed E-state index contributed by atoms with van der Waals surface area (Å²) in [7, 11) is 3.35. The van der Waals surface area contributed by atoms with Crippen LogP contribution in [-0.2, 0) is 4.74 Å². The van der Waals surface area contributed by atoms with Gasteiger partial charge in [0.25, 0.3) is 0 Å². The van der Waals surface area contributed by atoms with Crippen molar-refractivity contribution in [3.8, 4) is 5.75 Å². The monoisotopic (exact) mass is 252 g/mol. The first-order chi connectivity index (χ1) is 8.49. The second-order valence-corrected chi connectivity index (χ2v) is 4.99. The van der Waals surface area contributed by atoms with Gasteiger partial charge in [0.05, 0.1) is 13.2 Å². The van der Waals surface area contributed by atoms with Crippen molar-refractivity contribution in [2.24, 2.45) is 5.92 Å². The number of hydrogen-bond acceptors (Lipinski definition) is 3. The summed E-state index contributed by atoms with van der Waals surface area (Å²) in [6.07, 6.45) is 0.264. The molecule has 0 bridgehead atoms. The van der Waals surface area contributed by atoms with E-state index in [2.05, 4.69) is 6.92 Å². The summed E-state index contributed by atoms with van der Waals surface area (Å²) in [4.78, 5) is 0. The Bertz CT molecular complexity index is 388. The molecule has 3 nitrogen and oxygen atoms in total. The Morgan fingerprint density at radius 2 is 1.83 bits per heavy atom. The van der Waals surface area contributed by atoms with Crippen LogP contribution in [0.3, 0.4) is 0 Å². The Hall–Kier alpha value is -1.06. The molecule has 0 aliphatic rings. The van der Waals surface area contributed by atoms with Crippen LogP contribution in [0.15, 0.2) is 12.1 Å². The zero-order valence-electron chi connectivity index (χ0n) is 12.0. The molecular weight excluding hydrogens is 228 g/mol. The maximum absolute atomic E-state index is 10.3. The molecule has 0 saturated carbocycles. The number of aliphatic hydroxyl groups excluding tert-OH is 1. The second-order valence-electron chi connectivity index (χ2n) is 4.99. The lowest BCUT2D eigenvalue weighted by atomic mass is 9.94. The molecule has 0 heterocycles. The first-order valence-electron chi connectivity index (χ1n) is 6.31. The molecule has 2 atom stereocenters. The number of benzene rings is 1. The molecule has 1 rings (SSSR count). The molecule has 0 aliphatic carbocycles. The fourth-order valence-electron chi connectivity index (χ4n) is 2.25. The van der Waals surface area contributed by atoms with Crippen LogP contribution in [0.2, 0.25) is 0 Å². The van der Waals surface area contributed by atoms with Crippen molar-refractivity contribution in [2.45, 2.75) is 33.3 Å². The number of ether oxygens (including phenoxy) is 2. The third kappa shape index (κ3) is 3.72. The highest BCUT2D eigenvalue weighted by Crippen LogP contribution is 2.29. The van der Waals surface area contributed by atoms with Crippen molar-refractivity contribution in [3.63, 3.8) is 0 Å². The molecule has 102 valence electrons. The van der Waals surface area contributed by atoms with Crippen LogP contribution in [0, 0.1) is 19.8 Å². The highest BCUT2D eigenvalue weighted by atomic mass is 16.5. The van der Waals surface area contributed by atoms with Gasteiger partial charge in [-0.2, -0.15) is 0 Å². The largest absolute Gasteiger partial charge is 0.496 e. The van der Waals surface area contributed by atoms with Crippen LogP contribution in [0.25, 0.3) is 0 Å². The number of aliphatic hydroxyl groups is 1. The van der Waals surface area contributed by atoms with Gasteiger partial charge in [-0.15, -0.1) is 0 Å². The predicted octanol–water partition coefficient (Wildman–Crippen LogP) is 3.02. The Labute approximate surface area is 110 Å². The average Bonchev–Trinajstić information content (AvgIpc) is 2.31. The van der Waals surface area contributed by atoms with E-state index < -0.39 is 6.10 Å². The zero-order chi connectivity index (χ0) is 13.7. The van der Waals surface area contributed by atoms with E-state index in [1.807, 2.05) is 26.0 Å². The van der Waals surface area contributed by atoms with E-state index in [1.165, 1.54) is 0 Å². The smallest absolute Gasteiger partial charge is 0.122 e. The standard InChI is InChI=1S/C15H24O3/c1-10(9-17-4)6-14(16)13-7-12(3)15(18-5)8-11(13)2/h7-8,10,14,16H,6,9H2,1-5H3. The molecule has 1 aromatic carbocycles. The highest BCUT2D eigenvalue weighted by molar-refractivity contribution is 5.42. The lowest BCUT2D eigenvalue weighted by Gasteiger charge is -2.19. The Balaban J connectivity index is 2.85. The molecule has 0 saturated heterocycles. The van der Waals surface area contributed by atoms with Crippen LogP contribution in [-0.4, -0.2) is 25.9 Å². The molecule has 0 aromatic heterocycles. The summed E-state index contributed by atoms with van der Waals surface area (Å²) in [5, 5.41) is 10.3. The number of aryl methyl sites for hydroxylation is 2. The normalized spacial score (nSPS) is 14.3. The van der Waals surface area contributed by atoms with Gasteiger partial charge in [0.15, 0.2) is 0 Å². The Morgan fingerprint density at radius 3 is 2.39 bits per heavy atom. The lowest BCUT2D eigenvalue weighted by molar-refractivity contribution is 0.101. The van der Waals surface area contributed by atoms with Crippen LogP contribution in [0.4, 0.5) is 0 Å². The fraction of sp³-hybridized carbons (Fsp3) is 0.600. The van der Waals surface area contributed by atoms with E-state index in [-0.39, 0.29) is 0 Å². The number of hydrogen-bond donors (Lipinski definition) is 1. The van der Waals surface area contributed by atoms with Gasteiger partial charge in [-0.25, -0.2) is 0 Å². The summed E-state index contributed by atoms with van der Waals surface area (Å²) in [6, 6.07) is 3.99. The number of rotatable bonds is 6. The summed E-state index contributed by atoms with van der Waals surface area (Å²) in [5.41, 5.74) is 3.10. The summed E-state index contributed by atoms with van der Waals surface area (Å²) in [5.74, 6) is 1.21. The Kier molecular flexibility index (Phi) is 5.63. The minimum atomic E-state index is -0.445. The minimum absolute atomic E-state index is 0.340. The zero-order valence-corrected chi connectivity index (χ0v) is 12.0. The molecule has 1 aromatic rings. The van der Waals surface area contributed by atoms with Gasteiger partial charge in [0.2, 0.25) is 0 Å². The van der Waals surface area contributed by atoms with Crippen LogP contribution in [0.5, 0.6) is 5.75 Å². The third-order valence-corrected chi connectivity index (χ3v) is 3.22. The summed E-state index contributed by atoms with van der Waals surface area (Å²) < 4.78 is 10.4. The van der Waals surface area contributed by atoms with E-state index in [0.717, 1.165) is 22.4 Å². The quantitative estimate of drug-likeness (QED) is 0.845. The molecule has 3 heteroatoms. The molecule has 2 unspecified atom stereocenters. The van der Waals surface area contributed by atoms with Crippen LogP contribution >= 0.6 is 0 Å². The SMILES string of the molecule is COCC(C)CC(O)c1cc(C)c(OC)cc1C. The summed E-state index contributed by atoms with van der Waals surface area (Å²) in [6.45, 7) is 6.75. The third-order valence-electron chi connectivity index (χ3n) is 3.22. The molecule has 0 fully saturated rings. The molecule has 18 heavy (non-hydrogen) atoms. The van der Waals surface area contributed by atoms with E-state index in [9.17, 15) is 5.11 Å². The van der Waals surface area contributed by atoms with Crippen molar-refractivity contribution in [1.29, 1.82) is 0 Å². The molecule has 0 amide bonds. The molecule has 0 spiro atoms. The number of methoxy groups -OCH3 is 2. The highest BCUT2D eigenvalue weighted by Gasteiger charge is 2.16. The topological polar surface area (TPSA) is 38.7 Å². The second kappa shape index (κ2) is 6.76. The Morgan fingerprint density at radius 1 is 1.17 bits per heavy atom. The van der Waals surface area contributed by atoms with E-state index in [0.29, 0.717) is 18.9 Å². The van der Waals surface area contributed by atoms with Crippen molar-refractivity contribution < 1.29 is 14.6 Å². The summed E-state index contributed by atoms with van der Waals surface area (Å²) >= 11 is 0. The van der Waals surface area contributed by atoms with Crippen molar-refractivity contribution in [1.82, 2.24) is 0 Å². The van der Waals surface area contributed by atoms with Crippen molar-refractivity contribution in [2.75, 3.05) is 20.8 Å². The lowest BCUT2D eigenvalue weighted by Crippen LogP contribution is -2.10. The van der Waals surface area contributed by atoms with Crippen molar-refractivity contribution in [3.05, 3.63) is 28.8 Å². The van der Waals surface area contributed by atoms with Gasteiger partial charge in [0, 0.05) is 13.7 Å². The van der Waals surface area contributed by atoms with Gasteiger partial charge < -0.3 is 14.6 Å². The van der Waals surface area contributed by atoms with Gasteiger partial charge >= 0.3 is 0 Å². The van der Waals surface area contributed by atoms with Crippen molar-refractivity contribution >= 4 is 0 Å². The fourth-order valence-corrected chi connectivity index (χ4v) is 2.25. The first kappa shape index (κ1) is 15.0. The maximum Gasteiger partial charge on any atom is 0.122 e. The van der Waals surface area contributed by atoms with E-state index >= 15 is 0 Å². The minimum Gasteiger partial charge on any atom is -0.496 e. The van der Waals surface area contributed by atoms with Gasteiger partial charge in [-0.1, -0.05) is 6.92 Å². The molecule has 1 N–H and O–H groups in total. The van der Waals surface area contributed by atoms with Crippen LogP contribution < -0.4 is 4.74 Å². The van der Waals surface area contributed by atoms with E-state index in [1.54, 1.807) is 14.2 Å². The van der Waals surface area contributed by atoms with E-state index in [4.69, 9.17) is 9.47 Å². The van der Waals surface area contributed by atoms with Crippen LogP contribution in [0.1, 0.15) is 36.1 Å². The molecule has 0 aliphatic heterocycles. The molecule has 0 radical (unpaired) electrons. The average molecular weight is 252 g/mol. The first-order valence-corrected chi connectivity index (χ1v) is 6.31. The predicted molar refractivity (Wildman–Crippen MR) is 73.1 cm³/mol. The maximum atomic E-state index is 10.3. The van der Waals surface area contributed by atoms with Gasteiger partial charge in [-0.3, -0.25) is 0 Å². The van der Waals surface area contributed by atoms with Gasteiger partial charge in [-0.05, 0) is 55.0 Å². The molecular formula is C15H24O3.